The molecule has 0 fully saturated rings. The molecule has 1 aliphatic rings. The quantitative estimate of drug-likeness (QED) is 0.855. The van der Waals surface area contributed by atoms with Gasteiger partial charge in [-0.05, 0) is 37.0 Å². The van der Waals surface area contributed by atoms with Crippen LogP contribution in [0, 0.1) is 5.95 Å². The first-order valence-corrected chi connectivity index (χ1v) is 7.19. The minimum absolute atomic E-state index is 0.0834. The maximum atomic E-state index is 13.0. The lowest BCUT2D eigenvalue weighted by molar-refractivity contribution is 0.0697. The largest absolute Gasteiger partial charge is 0.478 e. The van der Waals surface area contributed by atoms with E-state index in [9.17, 15) is 19.1 Å². The molecule has 0 aromatic carbocycles. The minimum Gasteiger partial charge on any atom is -0.478 e. The third-order valence-corrected chi connectivity index (χ3v) is 4.52. The normalized spacial score (nSPS) is 13.0. The summed E-state index contributed by atoms with van der Waals surface area (Å²) in [5.41, 5.74) is 0.868. The van der Waals surface area contributed by atoms with Gasteiger partial charge in [0.15, 0.2) is 0 Å². The Morgan fingerprint density at radius 1 is 1.33 bits per heavy atom. The van der Waals surface area contributed by atoms with Gasteiger partial charge in [-0.1, -0.05) is 6.07 Å². The highest BCUT2D eigenvalue weighted by Gasteiger charge is 2.27. The molecule has 0 unspecified atom stereocenters. The van der Waals surface area contributed by atoms with Crippen LogP contribution in [0.15, 0.2) is 18.2 Å². The van der Waals surface area contributed by atoms with Crippen molar-refractivity contribution in [2.75, 3.05) is 5.32 Å². The van der Waals surface area contributed by atoms with Gasteiger partial charge in [0.25, 0.3) is 5.91 Å². The van der Waals surface area contributed by atoms with Gasteiger partial charge in [0.2, 0.25) is 5.95 Å². The lowest BCUT2D eigenvalue weighted by Gasteiger charge is -2.05. The number of halogens is 1. The molecule has 2 aromatic rings. The average Bonchev–Trinajstić information content (AvgIpc) is 2.98. The number of carboxylic acid groups (broad SMARTS) is 1. The third kappa shape index (κ3) is 2.52. The number of thiophene rings is 1. The molecule has 108 valence electrons. The van der Waals surface area contributed by atoms with Crippen LogP contribution >= 0.6 is 11.3 Å². The van der Waals surface area contributed by atoms with Crippen LogP contribution in [0.2, 0.25) is 0 Å². The molecule has 0 aliphatic heterocycles. The van der Waals surface area contributed by atoms with Gasteiger partial charge in [0, 0.05) is 4.88 Å². The number of carbonyl (C=O) groups excluding carboxylic acids is 1. The molecule has 2 heterocycles. The zero-order chi connectivity index (χ0) is 15.0. The van der Waals surface area contributed by atoms with Crippen molar-refractivity contribution in [3.63, 3.8) is 0 Å². The number of carboxylic acids is 1. The lowest BCUT2D eigenvalue weighted by atomic mass is 10.1. The molecular formula is C14H11FN2O3S. The number of aryl methyl sites for hydroxylation is 1. The molecule has 2 N–H and O–H groups in total. The predicted octanol–water partition coefficient (Wildman–Crippen LogP) is 2.72. The number of rotatable bonds is 3. The second kappa shape index (κ2) is 5.25. The Morgan fingerprint density at radius 2 is 2.14 bits per heavy atom. The van der Waals surface area contributed by atoms with Gasteiger partial charge in [-0.25, -0.2) is 9.78 Å². The summed E-state index contributed by atoms with van der Waals surface area (Å²) in [4.78, 5) is 27.9. The monoisotopic (exact) mass is 306 g/mol. The van der Waals surface area contributed by atoms with E-state index >= 15 is 0 Å². The Bertz CT molecular complexity index is 742. The van der Waals surface area contributed by atoms with Crippen LogP contribution in [0.1, 0.15) is 37.7 Å². The van der Waals surface area contributed by atoms with E-state index in [1.165, 1.54) is 23.5 Å². The summed E-state index contributed by atoms with van der Waals surface area (Å²) in [7, 11) is 0. The van der Waals surface area contributed by atoms with Gasteiger partial charge >= 0.3 is 5.97 Å². The van der Waals surface area contributed by atoms with Gasteiger partial charge in [-0.3, -0.25) is 4.79 Å². The van der Waals surface area contributed by atoms with E-state index in [1.807, 2.05) is 0 Å². The van der Waals surface area contributed by atoms with E-state index in [0.29, 0.717) is 11.4 Å². The standard InChI is InChI=1S/C14H11FN2O3S/c15-10-6-2-4-8(16-10)12(18)17-13-11(14(19)20)7-3-1-5-9(7)21-13/h2,4,6H,1,3,5H2,(H,17,18)(H,19,20). The summed E-state index contributed by atoms with van der Waals surface area (Å²) in [5.74, 6) is -2.43. The van der Waals surface area contributed by atoms with Crippen LogP contribution in [0.5, 0.6) is 0 Å². The molecule has 0 saturated carbocycles. The smallest absolute Gasteiger partial charge is 0.339 e. The van der Waals surface area contributed by atoms with Crippen molar-refractivity contribution in [3.05, 3.63) is 45.8 Å². The third-order valence-electron chi connectivity index (χ3n) is 3.31. The van der Waals surface area contributed by atoms with Crippen molar-refractivity contribution in [2.24, 2.45) is 0 Å². The Kier molecular flexibility index (Phi) is 3.42. The Morgan fingerprint density at radius 3 is 2.86 bits per heavy atom. The number of aromatic nitrogens is 1. The Labute approximate surface area is 123 Å². The summed E-state index contributed by atoms with van der Waals surface area (Å²) in [6, 6.07) is 3.89. The van der Waals surface area contributed by atoms with Gasteiger partial charge in [-0.15, -0.1) is 11.3 Å². The molecule has 3 rings (SSSR count). The van der Waals surface area contributed by atoms with E-state index in [1.54, 1.807) is 0 Å². The van der Waals surface area contributed by atoms with Crippen LogP contribution in [0.3, 0.4) is 0 Å². The van der Waals surface area contributed by atoms with Crippen LogP contribution in [0.25, 0.3) is 0 Å². The van der Waals surface area contributed by atoms with Crippen molar-refractivity contribution < 1.29 is 19.1 Å². The van der Waals surface area contributed by atoms with Crippen molar-refractivity contribution in [3.8, 4) is 0 Å². The number of nitrogens with one attached hydrogen (secondary N) is 1. The number of hydrogen-bond donors (Lipinski definition) is 2. The summed E-state index contributed by atoms with van der Waals surface area (Å²) in [6.07, 6.45) is 2.47. The highest BCUT2D eigenvalue weighted by atomic mass is 32.1. The minimum atomic E-state index is -1.06. The molecule has 1 aliphatic carbocycles. The molecule has 0 atom stereocenters. The first kappa shape index (κ1) is 13.7. The van der Waals surface area contributed by atoms with Gasteiger partial charge < -0.3 is 10.4 Å². The Hall–Kier alpha value is -2.28. The number of hydrogen-bond acceptors (Lipinski definition) is 4. The van der Waals surface area contributed by atoms with Crippen molar-refractivity contribution >= 4 is 28.2 Å². The molecule has 0 bridgehead atoms. The molecule has 0 saturated heterocycles. The molecule has 1 amide bonds. The van der Waals surface area contributed by atoms with Crippen LogP contribution in [0.4, 0.5) is 9.39 Å². The topological polar surface area (TPSA) is 79.3 Å². The van der Waals surface area contributed by atoms with E-state index < -0.39 is 17.8 Å². The number of pyridine rings is 1. The maximum Gasteiger partial charge on any atom is 0.339 e. The summed E-state index contributed by atoms with van der Waals surface area (Å²) in [5, 5.41) is 12.2. The number of fused-ring (bicyclic) bond motifs is 1. The molecular weight excluding hydrogens is 295 g/mol. The second-order valence-electron chi connectivity index (χ2n) is 4.67. The lowest BCUT2D eigenvalue weighted by Crippen LogP contribution is -2.15. The Balaban J connectivity index is 1.92. The zero-order valence-corrected chi connectivity index (χ0v) is 11.7. The van der Waals surface area contributed by atoms with Crippen LogP contribution in [-0.2, 0) is 12.8 Å². The fraction of sp³-hybridized carbons (Fsp3) is 0.214. The SMILES string of the molecule is O=C(Nc1sc2c(c1C(=O)O)CCC2)c1cccc(F)n1. The number of anilines is 1. The molecule has 7 heteroatoms. The van der Waals surface area contributed by atoms with E-state index in [0.717, 1.165) is 29.3 Å². The number of nitrogens with zero attached hydrogens (tertiary/aromatic N) is 1. The van der Waals surface area contributed by atoms with E-state index in [4.69, 9.17) is 0 Å². The number of carbonyl (C=O) groups is 2. The fourth-order valence-corrected chi connectivity index (χ4v) is 3.70. The summed E-state index contributed by atoms with van der Waals surface area (Å²) >= 11 is 1.27. The number of aromatic carboxylic acids is 1. The maximum absolute atomic E-state index is 13.0. The number of amides is 1. The van der Waals surface area contributed by atoms with Crippen molar-refractivity contribution in [2.45, 2.75) is 19.3 Å². The molecule has 0 radical (unpaired) electrons. The predicted molar refractivity (Wildman–Crippen MR) is 75.5 cm³/mol. The van der Waals surface area contributed by atoms with Gasteiger partial charge in [-0.2, -0.15) is 4.39 Å². The molecule has 21 heavy (non-hydrogen) atoms. The van der Waals surface area contributed by atoms with Gasteiger partial charge in [0.1, 0.15) is 10.7 Å². The zero-order valence-electron chi connectivity index (χ0n) is 10.9. The average molecular weight is 306 g/mol. The first-order valence-electron chi connectivity index (χ1n) is 6.38. The van der Waals surface area contributed by atoms with Crippen LogP contribution in [-0.4, -0.2) is 22.0 Å². The summed E-state index contributed by atoms with van der Waals surface area (Å²) in [6.45, 7) is 0. The molecule has 0 spiro atoms. The fourth-order valence-electron chi connectivity index (χ4n) is 2.42. The van der Waals surface area contributed by atoms with E-state index in [2.05, 4.69) is 10.3 Å². The highest BCUT2D eigenvalue weighted by Crippen LogP contribution is 2.39. The highest BCUT2D eigenvalue weighted by molar-refractivity contribution is 7.17. The van der Waals surface area contributed by atoms with Crippen molar-refractivity contribution in [1.82, 2.24) is 4.98 Å². The van der Waals surface area contributed by atoms with E-state index in [-0.39, 0.29) is 11.3 Å². The summed E-state index contributed by atoms with van der Waals surface area (Å²) < 4.78 is 13.0. The van der Waals surface area contributed by atoms with Gasteiger partial charge in [0.05, 0.1) is 5.56 Å². The molecule has 2 aromatic heterocycles. The molecule has 5 nitrogen and oxygen atoms in total. The van der Waals surface area contributed by atoms with Crippen LogP contribution < -0.4 is 5.32 Å². The second-order valence-corrected chi connectivity index (χ2v) is 5.77. The van der Waals surface area contributed by atoms with Crippen molar-refractivity contribution in [1.29, 1.82) is 0 Å². The first-order chi connectivity index (χ1) is 10.1.